The summed E-state index contributed by atoms with van der Waals surface area (Å²) in [6.45, 7) is 0.764. The molecule has 0 spiro atoms. The van der Waals surface area contributed by atoms with E-state index in [-0.39, 0.29) is 6.54 Å². The van der Waals surface area contributed by atoms with Gasteiger partial charge in [0.25, 0.3) is 0 Å². The normalized spacial score (nSPS) is 11.8. The number of hydrogen-bond acceptors (Lipinski definition) is 3. The van der Waals surface area contributed by atoms with E-state index in [0.29, 0.717) is 0 Å². The van der Waals surface area contributed by atoms with Crippen molar-refractivity contribution in [2.24, 2.45) is 0 Å². The Kier molecular flexibility index (Phi) is 19.5. The van der Waals surface area contributed by atoms with Crippen molar-refractivity contribution in [3.63, 3.8) is 0 Å². The molecule has 0 rings (SSSR count). The van der Waals surface area contributed by atoms with Gasteiger partial charge in [0, 0.05) is 0 Å². The first-order valence-corrected chi connectivity index (χ1v) is 13.0. The van der Waals surface area contributed by atoms with Crippen LogP contribution < -0.4 is 0 Å². The van der Waals surface area contributed by atoms with Crippen molar-refractivity contribution in [1.82, 2.24) is 0 Å². The van der Waals surface area contributed by atoms with Crippen LogP contribution >= 0.6 is 0 Å². The van der Waals surface area contributed by atoms with Crippen molar-refractivity contribution >= 4 is 17.9 Å². The third kappa shape index (κ3) is 20.4. The number of hydrogen-bond donors (Lipinski definition) is 3. The van der Waals surface area contributed by atoms with Crippen LogP contribution in [0.25, 0.3) is 0 Å². The van der Waals surface area contributed by atoms with Crippen molar-refractivity contribution < 1.29 is 34.2 Å². The van der Waals surface area contributed by atoms with Gasteiger partial charge in [0.2, 0.25) is 0 Å². The minimum absolute atomic E-state index is 0.0869. The summed E-state index contributed by atoms with van der Waals surface area (Å²) in [7, 11) is 0. The van der Waals surface area contributed by atoms with Gasteiger partial charge >= 0.3 is 17.9 Å². The molecule has 3 N–H and O–H groups in total. The van der Waals surface area contributed by atoms with Crippen LogP contribution in [0.2, 0.25) is 0 Å². The van der Waals surface area contributed by atoms with Crippen molar-refractivity contribution in [2.45, 2.75) is 110 Å². The number of carboxylic acids is 3. The summed E-state index contributed by atoms with van der Waals surface area (Å²) in [5, 5.41) is 27.3. The van der Waals surface area contributed by atoms with E-state index in [2.05, 4.69) is 6.92 Å². The van der Waals surface area contributed by atoms with Crippen LogP contribution in [-0.2, 0) is 14.4 Å². The van der Waals surface area contributed by atoms with E-state index in [0.717, 1.165) is 19.3 Å². The highest BCUT2D eigenvalue weighted by Gasteiger charge is 2.34. The summed E-state index contributed by atoms with van der Waals surface area (Å²) in [6, 6.07) is 0. The lowest BCUT2D eigenvalue weighted by Crippen LogP contribution is -2.56. The van der Waals surface area contributed by atoms with E-state index in [1.165, 1.54) is 83.5 Å². The van der Waals surface area contributed by atoms with Crippen molar-refractivity contribution in [2.75, 3.05) is 26.2 Å². The van der Waals surface area contributed by atoms with E-state index >= 15 is 0 Å². The van der Waals surface area contributed by atoms with Gasteiger partial charge in [0.1, 0.15) is 0 Å². The summed E-state index contributed by atoms with van der Waals surface area (Å²) in [5.41, 5.74) is 0. The van der Waals surface area contributed by atoms with E-state index < -0.39 is 42.0 Å². The number of nitrogens with zero attached hydrogens (tertiary/aromatic N) is 1. The Morgan fingerprint density at radius 2 is 0.879 bits per heavy atom. The summed E-state index contributed by atoms with van der Waals surface area (Å²) in [4.78, 5) is 33.4. The molecular formula is C26H48NO6+. The Balaban J connectivity index is 3.85. The maximum Gasteiger partial charge on any atom is 0.359 e. The molecule has 7 heteroatoms. The molecule has 0 saturated heterocycles. The maximum absolute atomic E-state index is 11.1. The van der Waals surface area contributed by atoms with Gasteiger partial charge in [-0.2, -0.15) is 0 Å². The molecule has 0 bridgehead atoms. The second-order valence-electron chi connectivity index (χ2n) is 9.39. The van der Waals surface area contributed by atoms with Crippen LogP contribution in [0.4, 0.5) is 0 Å². The van der Waals surface area contributed by atoms with E-state index in [1.54, 1.807) is 6.08 Å². The number of aliphatic carboxylic acids is 3. The Bertz CT molecular complexity index is 520. The SMILES string of the molecule is CCCCCCCCCCCCCCCCC/C=C/C[N+](CC(=O)O)(CC(=O)O)CC(=O)O. The fourth-order valence-electron chi connectivity index (χ4n) is 4.27. The number of allylic oxidation sites excluding steroid dienone is 1. The molecule has 0 unspecified atom stereocenters. The summed E-state index contributed by atoms with van der Waals surface area (Å²) in [6.07, 6.45) is 24.1. The standard InChI is InChI=1S/C26H47NO6/c1-2-3-4-5-6-7-8-9-10-11-12-13-14-15-16-17-18-19-20-27(21-24(28)29,22-25(30)31)23-26(32)33/h18-19H,2-17,20-23H2,1H3,(H2-,28,29,30,31,32,33)/p+1/b19-18+. The van der Waals surface area contributed by atoms with Crippen LogP contribution in [-0.4, -0.2) is 63.9 Å². The Labute approximate surface area is 200 Å². The molecule has 0 atom stereocenters. The molecule has 0 aliphatic carbocycles. The van der Waals surface area contributed by atoms with Gasteiger partial charge in [-0.1, -0.05) is 103 Å². The van der Waals surface area contributed by atoms with Gasteiger partial charge in [-0.15, -0.1) is 0 Å². The number of carbonyl (C=O) groups is 3. The summed E-state index contributed by atoms with van der Waals surface area (Å²) >= 11 is 0. The monoisotopic (exact) mass is 470 g/mol. The Morgan fingerprint density at radius 1 is 0.545 bits per heavy atom. The van der Waals surface area contributed by atoms with Crippen molar-refractivity contribution in [3.05, 3.63) is 12.2 Å². The van der Waals surface area contributed by atoms with Gasteiger partial charge in [0.05, 0.1) is 6.54 Å². The molecule has 7 nitrogen and oxygen atoms in total. The second-order valence-corrected chi connectivity index (χ2v) is 9.39. The third-order valence-corrected chi connectivity index (χ3v) is 6.05. The highest BCUT2D eigenvalue weighted by Crippen LogP contribution is 2.14. The molecule has 0 heterocycles. The zero-order chi connectivity index (χ0) is 24.8. The van der Waals surface area contributed by atoms with Gasteiger partial charge in [-0.25, -0.2) is 14.4 Å². The van der Waals surface area contributed by atoms with Crippen LogP contribution in [0.1, 0.15) is 110 Å². The topological polar surface area (TPSA) is 112 Å². The lowest BCUT2D eigenvalue weighted by molar-refractivity contribution is -0.902. The molecule has 0 aromatic rings. The first kappa shape index (κ1) is 31.1. The summed E-state index contributed by atoms with van der Waals surface area (Å²) < 4.78 is -0.518. The highest BCUT2D eigenvalue weighted by molar-refractivity contribution is 5.73. The van der Waals surface area contributed by atoms with Gasteiger partial charge in [-0.05, 0) is 18.9 Å². The van der Waals surface area contributed by atoms with Gasteiger partial charge < -0.3 is 15.3 Å². The predicted octanol–water partition coefficient (Wildman–Crippen LogP) is 5.87. The van der Waals surface area contributed by atoms with Gasteiger partial charge in [-0.3, -0.25) is 4.48 Å². The summed E-state index contributed by atoms with van der Waals surface area (Å²) in [5.74, 6) is -3.60. The van der Waals surface area contributed by atoms with Crippen LogP contribution in [0.3, 0.4) is 0 Å². The molecule has 0 aliphatic heterocycles. The molecule has 0 aliphatic rings. The Hall–Kier alpha value is -1.89. The molecule has 0 fully saturated rings. The average Bonchev–Trinajstić information content (AvgIpc) is 2.71. The first-order valence-electron chi connectivity index (χ1n) is 13.0. The van der Waals surface area contributed by atoms with Crippen LogP contribution in [0, 0.1) is 0 Å². The van der Waals surface area contributed by atoms with E-state index in [1.807, 2.05) is 6.08 Å². The minimum atomic E-state index is -1.20. The third-order valence-electron chi connectivity index (χ3n) is 6.05. The van der Waals surface area contributed by atoms with Crippen LogP contribution in [0.5, 0.6) is 0 Å². The number of carboxylic acid groups (broad SMARTS) is 3. The quantitative estimate of drug-likeness (QED) is 0.0923. The second kappa shape index (κ2) is 20.7. The number of rotatable bonds is 24. The molecule has 33 heavy (non-hydrogen) atoms. The maximum atomic E-state index is 11.1. The number of unbranched alkanes of at least 4 members (excludes halogenated alkanes) is 15. The predicted molar refractivity (Wildman–Crippen MR) is 131 cm³/mol. The fourth-order valence-corrected chi connectivity index (χ4v) is 4.27. The molecule has 0 aromatic carbocycles. The smallest absolute Gasteiger partial charge is 0.359 e. The molecule has 192 valence electrons. The van der Waals surface area contributed by atoms with Crippen LogP contribution in [0.15, 0.2) is 12.2 Å². The van der Waals surface area contributed by atoms with E-state index in [4.69, 9.17) is 15.3 Å². The number of quaternary nitrogens is 1. The molecule has 0 saturated carbocycles. The average molecular weight is 471 g/mol. The Morgan fingerprint density at radius 3 is 1.21 bits per heavy atom. The zero-order valence-electron chi connectivity index (χ0n) is 20.8. The van der Waals surface area contributed by atoms with Crippen molar-refractivity contribution in [1.29, 1.82) is 0 Å². The zero-order valence-corrected chi connectivity index (χ0v) is 20.8. The fraction of sp³-hybridized carbons (Fsp3) is 0.808. The first-order chi connectivity index (χ1) is 15.8. The minimum Gasteiger partial charge on any atom is -0.477 e. The van der Waals surface area contributed by atoms with Gasteiger partial charge in [0.15, 0.2) is 19.6 Å². The highest BCUT2D eigenvalue weighted by atomic mass is 16.4. The molecule has 0 amide bonds. The lowest BCUT2D eigenvalue weighted by Gasteiger charge is -2.33. The molecular weight excluding hydrogens is 422 g/mol. The largest absolute Gasteiger partial charge is 0.477 e. The molecule has 0 aromatic heterocycles. The van der Waals surface area contributed by atoms with E-state index in [9.17, 15) is 14.4 Å². The molecule has 0 radical (unpaired) electrons. The lowest BCUT2D eigenvalue weighted by atomic mass is 10.0. The van der Waals surface area contributed by atoms with Crippen molar-refractivity contribution in [3.8, 4) is 0 Å².